The molecule has 0 unspecified atom stereocenters. The minimum atomic E-state index is -3.54. The molecule has 0 N–H and O–H groups in total. The van der Waals surface area contributed by atoms with Gasteiger partial charge in [-0.2, -0.15) is 16.8 Å². The third kappa shape index (κ3) is 9.65. The van der Waals surface area contributed by atoms with Crippen LogP contribution in [-0.4, -0.2) is 42.6 Å². The van der Waals surface area contributed by atoms with Crippen LogP contribution in [0.15, 0.2) is 12.2 Å². The molecule has 14 heavy (non-hydrogen) atoms. The molecule has 0 radical (unpaired) electrons. The average molecular weight is 244 g/mol. The molecule has 0 saturated heterocycles. The van der Waals surface area contributed by atoms with Crippen molar-refractivity contribution in [3.8, 4) is 0 Å². The molecule has 0 saturated carbocycles. The van der Waals surface area contributed by atoms with Crippen molar-refractivity contribution in [1.82, 2.24) is 0 Å². The lowest BCUT2D eigenvalue weighted by molar-refractivity contribution is 0.308. The summed E-state index contributed by atoms with van der Waals surface area (Å²) in [5, 5.41) is 0. The fourth-order valence-electron chi connectivity index (χ4n) is 0.422. The molecular formula is C6H12O6S2. The predicted molar refractivity (Wildman–Crippen MR) is 50.7 cm³/mol. The topological polar surface area (TPSA) is 86.7 Å². The van der Waals surface area contributed by atoms with Crippen molar-refractivity contribution < 1.29 is 25.2 Å². The lowest BCUT2D eigenvalue weighted by Crippen LogP contribution is -2.11. The summed E-state index contributed by atoms with van der Waals surface area (Å²) in [5.41, 5.74) is 0.223. The Bertz CT molecular complexity index is 352. The van der Waals surface area contributed by atoms with E-state index in [0.29, 0.717) is 0 Å². The molecule has 0 aliphatic carbocycles. The van der Waals surface area contributed by atoms with Crippen molar-refractivity contribution in [1.29, 1.82) is 0 Å². The minimum Gasteiger partial charge on any atom is -0.266 e. The number of rotatable bonds is 6. The maximum atomic E-state index is 10.5. The predicted octanol–water partition coefficient (Wildman–Crippen LogP) is -0.505. The summed E-state index contributed by atoms with van der Waals surface area (Å²) in [6.07, 6.45) is 1.77. The quantitative estimate of drug-likeness (QED) is 0.462. The van der Waals surface area contributed by atoms with Crippen molar-refractivity contribution in [2.75, 3.05) is 25.7 Å². The van der Waals surface area contributed by atoms with Crippen LogP contribution in [0.25, 0.3) is 0 Å². The van der Waals surface area contributed by atoms with E-state index < -0.39 is 20.2 Å². The molecule has 0 heterocycles. The van der Waals surface area contributed by atoms with Gasteiger partial charge in [-0.15, -0.1) is 0 Å². The van der Waals surface area contributed by atoms with Crippen LogP contribution in [-0.2, 0) is 28.6 Å². The van der Waals surface area contributed by atoms with Crippen LogP contribution in [0.5, 0.6) is 0 Å². The van der Waals surface area contributed by atoms with E-state index in [0.717, 1.165) is 12.5 Å². The molecule has 0 amide bonds. The standard InChI is InChI=1S/C6H12O6S2/c1-6(4-11-13(2,7)8)5-12-14(3,9)10/h1,4-5H2,2-3H3. The molecule has 0 aromatic rings. The fraction of sp³-hybridized carbons (Fsp3) is 0.667. The van der Waals surface area contributed by atoms with E-state index in [-0.39, 0.29) is 18.8 Å². The molecule has 84 valence electrons. The van der Waals surface area contributed by atoms with Crippen molar-refractivity contribution in [2.24, 2.45) is 0 Å². The molecule has 0 aliphatic heterocycles. The summed E-state index contributed by atoms with van der Waals surface area (Å²) in [4.78, 5) is 0. The largest absolute Gasteiger partial charge is 0.266 e. The Kier molecular flexibility index (Phi) is 4.72. The summed E-state index contributed by atoms with van der Waals surface area (Å²) in [5.74, 6) is 0. The molecular weight excluding hydrogens is 232 g/mol. The van der Waals surface area contributed by atoms with Crippen molar-refractivity contribution >= 4 is 20.2 Å². The second-order valence-corrected chi connectivity index (χ2v) is 5.97. The lowest BCUT2D eigenvalue weighted by Gasteiger charge is -2.04. The van der Waals surface area contributed by atoms with Gasteiger partial charge in [0.25, 0.3) is 20.2 Å². The first kappa shape index (κ1) is 13.6. The van der Waals surface area contributed by atoms with E-state index in [1.54, 1.807) is 0 Å². The van der Waals surface area contributed by atoms with Gasteiger partial charge in [-0.05, 0) is 5.57 Å². The maximum absolute atomic E-state index is 10.5. The number of hydrogen-bond donors (Lipinski definition) is 0. The first-order valence-corrected chi connectivity index (χ1v) is 7.09. The second kappa shape index (κ2) is 4.87. The zero-order valence-electron chi connectivity index (χ0n) is 7.89. The van der Waals surface area contributed by atoms with Gasteiger partial charge >= 0.3 is 0 Å². The lowest BCUT2D eigenvalue weighted by atomic mass is 10.4. The molecule has 6 nitrogen and oxygen atoms in total. The molecule has 0 rings (SSSR count). The summed E-state index contributed by atoms with van der Waals surface area (Å²) in [7, 11) is -7.08. The van der Waals surface area contributed by atoms with Gasteiger partial charge in [0, 0.05) is 0 Å². The van der Waals surface area contributed by atoms with Gasteiger partial charge in [0.2, 0.25) is 0 Å². The molecule has 0 aromatic heterocycles. The van der Waals surface area contributed by atoms with Crippen LogP contribution in [0.3, 0.4) is 0 Å². The summed E-state index contributed by atoms with van der Waals surface area (Å²) >= 11 is 0. The second-order valence-electron chi connectivity index (χ2n) is 2.68. The molecule has 0 atom stereocenters. The Morgan fingerprint density at radius 3 is 1.50 bits per heavy atom. The van der Waals surface area contributed by atoms with Gasteiger partial charge < -0.3 is 0 Å². The van der Waals surface area contributed by atoms with E-state index >= 15 is 0 Å². The average Bonchev–Trinajstić information content (AvgIpc) is 1.94. The van der Waals surface area contributed by atoms with E-state index in [1.165, 1.54) is 0 Å². The number of hydrogen-bond acceptors (Lipinski definition) is 6. The molecule has 0 spiro atoms. The first-order valence-electron chi connectivity index (χ1n) is 3.45. The molecule has 8 heteroatoms. The molecule has 0 bridgehead atoms. The Morgan fingerprint density at radius 2 is 1.29 bits per heavy atom. The fourth-order valence-corrected chi connectivity index (χ4v) is 1.18. The SMILES string of the molecule is C=C(COS(C)(=O)=O)COS(C)(=O)=O. The van der Waals surface area contributed by atoms with Gasteiger partial charge in [0.1, 0.15) is 0 Å². The maximum Gasteiger partial charge on any atom is 0.264 e. The Labute approximate surface area is 83.8 Å². The highest BCUT2D eigenvalue weighted by molar-refractivity contribution is 7.86. The van der Waals surface area contributed by atoms with E-state index in [1.807, 2.05) is 0 Å². The summed E-state index contributed by atoms with van der Waals surface area (Å²) in [6, 6.07) is 0. The minimum absolute atomic E-state index is 0.223. The van der Waals surface area contributed by atoms with Crippen molar-refractivity contribution in [3.63, 3.8) is 0 Å². The Morgan fingerprint density at radius 1 is 1.00 bits per heavy atom. The molecule has 0 aromatic carbocycles. The zero-order valence-corrected chi connectivity index (χ0v) is 9.52. The van der Waals surface area contributed by atoms with E-state index in [4.69, 9.17) is 0 Å². The van der Waals surface area contributed by atoms with Crippen LogP contribution in [0.1, 0.15) is 0 Å². The molecule has 0 fully saturated rings. The molecule has 0 aliphatic rings. The summed E-state index contributed by atoms with van der Waals surface area (Å²) in [6.45, 7) is 2.82. The van der Waals surface area contributed by atoms with Gasteiger partial charge in [0.05, 0.1) is 25.7 Å². The highest BCUT2D eigenvalue weighted by atomic mass is 32.2. The van der Waals surface area contributed by atoms with Gasteiger partial charge in [-0.1, -0.05) is 6.58 Å². The van der Waals surface area contributed by atoms with Gasteiger partial charge in [-0.3, -0.25) is 8.37 Å². The smallest absolute Gasteiger partial charge is 0.264 e. The van der Waals surface area contributed by atoms with Crippen LogP contribution < -0.4 is 0 Å². The third-order valence-electron chi connectivity index (χ3n) is 0.954. The first-order chi connectivity index (χ1) is 6.10. The van der Waals surface area contributed by atoms with Crippen LogP contribution >= 0.6 is 0 Å². The van der Waals surface area contributed by atoms with E-state index in [9.17, 15) is 16.8 Å². The highest BCUT2D eigenvalue weighted by Crippen LogP contribution is 1.98. The summed E-state index contributed by atoms with van der Waals surface area (Å²) < 4.78 is 50.8. The van der Waals surface area contributed by atoms with Crippen LogP contribution in [0.4, 0.5) is 0 Å². The van der Waals surface area contributed by atoms with Gasteiger partial charge in [-0.25, -0.2) is 0 Å². The Balaban J connectivity index is 3.91. The monoisotopic (exact) mass is 244 g/mol. The van der Waals surface area contributed by atoms with E-state index in [2.05, 4.69) is 14.9 Å². The van der Waals surface area contributed by atoms with Crippen molar-refractivity contribution in [2.45, 2.75) is 0 Å². The van der Waals surface area contributed by atoms with Gasteiger partial charge in [0.15, 0.2) is 0 Å². The highest BCUT2D eigenvalue weighted by Gasteiger charge is 2.06. The Hall–Kier alpha value is -0.440. The van der Waals surface area contributed by atoms with Crippen LogP contribution in [0.2, 0.25) is 0 Å². The van der Waals surface area contributed by atoms with Crippen molar-refractivity contribution in [3.05, 3.63) is 12.2 Å². The zero-order chi connectivity index (χ0) is 11.4. The third-order valence-corrected chi connectivity index (χ3v) is 2.05. The van der Waals surface area contributed by atoms with Crippen LogP contribution in [0, 0.1) is 0 Å². The normalized spacial score (nSPS) is 12.7.